The van der Waals surface area contributed by atoms with E-state index in [1.807, 2.05) is 0 Å². The summed E-state index contributed by atoms with van der Waals surface area (Å²) in [7, 11) is 3.61. The largest absolute Gasteiger partial charge is 0.490 e. The van der Waals surface area contributed by atoms with E-state index in [1.54, 1.807) is 18.2 Å². The van der Waals surface area contributed by atoms with Crippen LogP contribution in [0.3, 0.4) is 0 Å². The SMILES string of the molecule is CN1CCN(CCCOc2ccc(Nc3nccc(N(C)C(=O)Oc4cc(Cl)ccc4Cl)n3)cc2F)CC1. The fraction of sp³-hybridized carbons (Fsp3) is 0.346. The molecule has 1 N–H and O–H groups in total. The highest BCUT2D eigenvalue weighted by molar-refractivity contribution is 6.34. The molecule has 1 aliphatic heterocycles. The van der Waals surface area contributed by atoms with E-state index >= 15 is 0 Å². The van der Waals surface area contributed by atoms with Crippen molar-refractivity contribution in [2.45, 2.75) is 6.42 Å². The monoisotopic (exact) mass is 562 g/mol. The maximum Gasteiger partial charge on any atom is 0.420 e. The highest BCUT2D eigenvalue weighted by Crippen LogP contribution is 2.29. The van der Waals surface area contributed by atoms with Crippen molar-refractivity contribution in [1.82, 2.24) is 19.8 Å². The second kappa shape index (κ2) is 13.1. The van der Waals surface area contributed by atoms with E-state index in [0.29, 0.717) is 17.3 Å². The van der Waals surface area contributed by atoms with Crippen LogP contribution in [0.4, 0.5) is 26.6 Å². The number of carbonyl (C=O) groups is 1. The van der Waals surface area contributed by atoms with Crippen molar-refractivity contribution in [2.24, 2.45) is 0 Å². The van der Waals surface area contributed by atoms with Gasteiger partial charge in [-0.15, -0.1) is 0 Å². The van der Waals surface area contributed by atoms with E-state index in [1.165, 1.54) is 42.4 Å². The smallest absolute Gasteiger partial charge is 0.420 e. The number of hydrogen-bond acceptors (Lipinski definition) is 8. The molecule has 1 fully saturated rings. The zero-order chi connectivity index (χ0) is 27.1. The predicted molar refractivity (Wildman–Crippen MR) is 147 cm³/mol. The Hall–Kier alpha value is -3.18. The van der Waals surface area contributed by atoms with Gasteiger partial charge in [0.25, 0.3) is 0 Å². The van der Waals surface area contributed by atoms with E-state index in [4.69, 9.17) is 32.7 Å². The van der Waals surface area contributed by atoms with Crippen molar-refractivity contribution in [3.05, 3.63) is 64.5 Å². The molecule has 202 valence electrons. The molecule has 1 saturated heterocycles. The number of benzene rings is 2. The molecule has 1 aromatic heterocycles. The Morgan fingerprint density at radius 3 is 2.66 bits per heavy atom. The van der Waals surface area contributed by atoms with Crippen LogP contribution >= 0.6 is 23.2 Å². The van der Waals surface area contributed by atoms with Gasteiger partial charge >= 0.3 is 6.09 Å². The first-order chi connectivity index (χ1) is 18.3. The van der Waals surface area contributed by atoms with E-state index in [0.717, 1.165) is 39.1 Å². The van der Waals surface area contributed by atoms with Crippen LogP contribution in [0.25, 0.3) is 0 Å². The standard InChI is InChI=1S/C26H29Cl2FN6O3/c1-33-11-13-35(14-12-33)10-3-15-37-22-7-5-19(17-21(22)29)31-25-30-9-8-24(32-25)34(2)26(36)38-23-16-18(27)4-6-20(23)28/h4-9,16-17H,3,10-15H2,1-2H3,(H,30,31,32). The Morgan fingerprint density at radius 1 is 1.11 bits per heavy atom. The van der Waals surface area contributed by atoms with Crippen molar-refractivity contribution in [2.75, 3.05) is 63.6 Å². The van der Waals surface area contributed by atoms with E-state index in [-0.39, 0.29) is 28.3 Å². The average Bonchev–Trinajstić information content (AvgIpc) is 2.90. The average molecular weight is 563 g/mol. The molecule has 1 aliphatic rings. The minimum absolute atomic E-state index is 0.125. The van der Waals surface area contributed by atoms with Gasteiger partial charge in [0.1, 0.15) is 5.82 Å². The summed E-state index contributed by atoms with van der Waals surface area (Å²) in [5.74, 6) is 0.241. The summed E-state index contributed by atoms with van der Waals surface area (Å²) in [6.07, 6.45) is 1.57. The number of ether oxygens (including phenoxy) is 2. The van der Waals surface area contributed by atoms with Crippen LogP contribution in [-0.2, 0) is 0 Å². The number of nitrogens with zero attached hydrogens (tertiary/aromatic N) is 5. The summed E-state index contributed by atoms with van der Waals surface area (Å²) in [6.45, 7) is 5.58. The second-order valence-electron chi connectivity index (χ2n) is 8.86. The van der Waals surface area contributed by atoms with Crippen molar-refractivity contribution in [3.63, 3.8) is 0 Å². The summed E-state index contributed by atoms with van der Waals surface area (Å²) in [5.41, 5.74) is 0.431. The summed E-state index contributed by atoms with van der Waals surface area (Å²) < 4.78 is 25.6. The minimum atomic E-state index is -0.723. The maximum absolute atomic E-state index is 14.6. The third-order valence-electron chi connectivity index (χ3n) is 6.01. The van der Waals surface area contributed by atoms with Crippen molar-refractivity contribution < 1.29 is 18.7 Å². The summed E-state index contributed by atoms with van der Waals surface area (Å²) in [4.78, 5) is 26.9. The third kappa shape index (κ3) is 7.67. The van der Waals surface area contributed by atoms with Crippen molar-refractivity contribution >= 4 is 46.7 Å². The fourth-order valence-electron chi connectivity index (χ4n) is 3.77. The van der Waals surface area contributed by atoms with Gasteiger partial charge in [0.15, 0.2) is 17.3 Å². The zero-order valence-electron chi connectivity index (χ0n) is 21.2. The van der Waals surface area contributed by atoms with Gasteiger partial charge in [-0.1, -0.05) is 23.2 Å². The number of halogens is 3. The maximum atomic E-state index is 14.6. The Kier molecular flexibility index (Phi) is 9.57. The summed E-state index contributed by atoms with van der Waals surface area (Å²) in [6, 6.07) is 10.6. The molecule has 4 rings (SSSR count). The fourth-order valence-corrected chi connectivity index (χ4v) is 4.09. The van der Waals surface area contributed by atoms with Gasteiger partial charge in [-0.2, -0.15) is 4.98 Å². The third-order valence-corrected chi connectivity index (χ3v) is 6.56. The predicted octanol–water partition coefficient (Wildman–Crippen LogP) is 5.32. The molecule has 12 heteroatoms. The molecule has 0 aliphatic carbocycles. The van der Waals surface area contributed by atoms with Gasteiger partial charge in [-0.25, -0.2) is 14.2 Å². The molecular formula is C26H29Cl2FN6O3. The molecule has 3 aromatic rings. The number of nitrogens with one attached hydrogen (secondary N) is 1. The molecule has 2 heterocycles. The van der Waals surface area contributed by atoms with Crippen LogP contribution < -0.4 is 19.7 Å². The second-order valence-corrected chi connectivity index (χ2v) is 9.70. The van der Waals surface area contributed by atoms with Gasteiger partial charge in [0, 0.05) is 68.8 Å². The zero-order valence-corrected chi connectivity index (χ0v) is 22.7. The summed E-state index contributed by atoms with van der Waals surface area (Å²) >= 11 is 12.0. The lowest BCUT2D eigenvalue weighted by atomic mass is 10.3. The van der Waals surface area contributed by atoms with Gasteiger partial charge in [-0.05, 0) is 43.8 Å². The molecule has 0 radical (unpaired) electrons. The lowest BCUT2D eigenvalue weighted by molar-refractivity contribution is 0.145. The van der Waals surface area contributed by atoms with E-state index in [2.05, 4.69) is 32.1 Å². The lowest BCUT2D eigenvalue weighted by Crippen LogP contribution is -2.44. The Balaban J connectivity index is 1.30. The van der Waals surface area contributed by atoms with Gasteiger partial charge in [0.2, 0.25) is 5.95 Å². The highest BCUT2D eigenvalue weighted by Gasteiger charge is 2.18. The molecule has 0 unspecified atom stereocenters. The Morgan fingerprint density at radius 2 is 1.89 bits per heavy atom. The number of amides is 1. The molecule has 1 amide bonds. The van der Waals surface area contributed by atoms with Crippen molar-refractivity contribution in [1.29, 1.82) is 0 Å². The first-order valence-electron chi connectivity index (χ1n) is 12.1. The minimum Gasteiger partial charge on any atom is -0.490 e. The number of aromatic nitrogens is 2. The quantitative estimate of drug-likeness (QED) is 0.351. The summed E-state index contributed by atoms with van der Waals surface area (Å²) in [5, 5.41) is 3.56. The topological polar surface area (TPSA) is 83.1 Å². The number of anilines is 3. The first kappa shape index (κ1) is 27.8. The van der Waals surface area contributed by atoms with Crippen LogP contribution in [0.2, 0.25) is 10.0 Å². The van der Waals surface area contributed by atoms with Crippen LogP contribution in [0.15, 0.2) is 48.7 Å². The molecular weight excluding hydrogens is 534 g/mol. The first-order valence-corrected chi connectivity index (χ1v) is 12.9. The van der Waals surface area contributed by atoms with E-state index in [9.17, 15) is 9.18 Å². The number of likely N-dealkylation sites (N-methyl/N-ethyl adjacent to an activating group) is 1. The molecule has 2 aromatic carbocycles. The Bertz CT molecular complexity index is 1260. The molecule has 0 bridgehead atoms. The van der Waals surface area contributed by atoms with Gasteiger partial charge < -0.3 is 24.6 Å². The van der Waals surface area contributed by atoms with Crippen molar-refractivity contribution in [3.8, 4) is 11.5 Å². The molecule has 38 heavy (non-hydrogen) atoms. The number of piperazine rings is 1. The van der Waals surface area contributed by atoms with Crippen LogP contribution in [0, 0.1) is 5.82 Å². The normalized spacial score (nSPS) is 14.2. The van der Waals surface area contributed by atoms with Gasteiger partial charge in [0.05, 0.1) is 11.6 Å². The van der Waals surface area contributed by atoms with Crippen LogP contribution in [-0.4, -0.2) is 79.3 Å². The molecule has 0 saturated carbocycles. The highest BCUT2D eigenvalue weighted by atomic mass is 35.5. The van der Waals surface area contributed by atoms with Crippen LogP contribution in [0.1, 0.15) is 6.42 Å². The molecule has 9 nitrogen and oxygen atoms in total. The number of hydrogen-bond donors (Lipinski definition) is 1. The van der Waals surface area contributed by atoms with E-state index < -0.39 is 11.9 Å². The Labute approximate surface area is 231 Å². The molecule has 0 spiro atoms. The van der Waals surface area contributed by atoms with Gasteiger partial charge in [-0.3, -0.25) is 4.90 Å². The lowest BCUT2D eigenvalue weighted by Gasteiger charge is -2.32. The van der Waals surface area contributed by atoms with Crippen LogP contribution in [0.5, 0.6) is 11.5 Å². The molecule has 0 atom stereocenters. The number of rotatable bonds is 9. The number of carbonyl (C=O) groups excluding carboxylic acids is 1.